The van der Waals surface area contributed by atoms with Gasteiger partial charge in [0.1, 0.15) is 5.82 Å². The van der Waals surface area contributed by atoms with Crippen LogP contribution in [0.1, 0.15) is 16.1 Å². The molecule has 0 atom stereocenters. The van der Waals surface area contributed by atoms with E-state index in [1.807, 2.05) is 0 Å². The number of nitrogens with two attached hydrogens (primary N) is 1. The highest BCUT2D eigenvalue weighted by Crippen LogP contribution is 2.12. The van der Waals surface area contributed by atoms with Gasteiger partial charge in [-0.05, 0) is 24.3 Å². The first-order valence-corrected chi connectivity index (χ1v) is 5.45. The summed E-state index contributed by atoms with van der Waals surface area (Å²) in [5, 5.41) is 9.47. The van der Waals surface area contributed by atoms with Gasteiger partial charge in [-0.3, -0.25) is 5.10 Å². The van der Waals surface area contributed by atoms with Crippen molar-refractivity contribution in [3.63, 3.8) is 0 Å². The van der Waals surface area contributed by atoms with Crippen molar-refractivity contribution in [2.45, 2.75) is 0 Å². The lowest BCUT2D eigenvalue weighted by Crippen LogP contribution is -2.15. The highest BCUT2D eigenvalue weighted by molar-refractivity contribution is 6.33. The van der Waals surface area contributed by atoms with Gasteiger partial charge in [-0.2, -0.15) is 5.10 Å². The molecule has 0 saturated heterocycles. The van der Waals surface area contributed by atoms with E-state index in [-0.39, 0.29) is 16.6 Å². The lowest BCUT2D eigenvalue weighted by Gasteiger charge is -2.00. The second-order valence-corrected chi connectivity index (χ2v) is 3.86. The number of oxime groups is 1. The third-order valence-corrected chi connectivity index (χ3v) is 2.45. The molecular formula is C11H8ClFN4O2. The van der Waals surface area contributed by atoms with E-state index in [9.17, 15) is 9.18 Å². The van der Waals surface area contributed by atoms with Crippen LogP contribution in [0, 0.1) is 5.82 Å². The molecule has 0 bridgehead atoms. The number of aromatic amines is 1. The summed E-state index contributed by atoms with van der Waals surface area (Å²) in [6.07, 6.45) is 1.26. The number of carbonyl (C=O) groups excluding carboxylic acids is 1. The monoisotopic (exact) mass is 282 g/mol. The van der Waals surface area contributed by atoms with Gasteiger partial charge in [-0.25, -0.2) is 9.18 Å². The summed E-state index contributed by atoms with van der Waals surface area (Å²) in [5.74, 6) is -1.30. The van der Waals surface area contributed by atoms with Crippen molar-refractivity contribution in [2.24, 2.45) is 10.9 Å². The standard InChI is InChI=1S/C11H8ClFN4O2/c12-8-5-15-16-9(8)11(18)19-17-10(14)6-1-3-7(13)4-2-6/h1-5H,(H2,14,17)(H,15,16). The Kier molecular flexibility index (Phi) is 3.76. The van der Waals surface area contributed by atoms with Crippen LogP contribution in [-0.4, -0.2) is 22.0 Å². The fraction of sp³-hybridized carbons (Fsp3) is 0. The number of nitrogens with zero attached hydrogens (tertiary/aromatic N) is 2. The zero-order valence-corrected chi connectivity index (χ0v) is 10.2. The Morgan fingerprint density at radius 3 is 2.68 bits per heavy atom. The topological polar surface area (TPSA) is 93.4 Å². The number of H-pyrrole nitrogens is 1. The van der Waals surface area contributed by atoms with Crippen LogP contribution in [0.5, 0.6) is 0 Å². The number of hydrogen-bond acceptors (Lipinski definition) is 4. The molecule has 1 aromatic heterocycles. The van der Waals surface area contributed by atoms with E-state index in [1.54, 1.807) is 0 Å². The minimum absolute atomic E-state index is 0.0303. The lowest BCUT2D eigenvalue weighted by molar-refractivity contribution is 0.0509. The Hall–Kier alpha value is -2.41. The maximum atomic E-state index is 12.7. The highest BCUT2D eigenvalue weighted by atomic mass is 35.5. The molecule has 1 aromatic carbocycles. The van der Waals surface area contributed by atoms with Gasteiger partial charge in [-0.1, -0.05) is 16.8 Å². The summed E-state index contributed by atoms with van der Waals surface area (Å²) in [4.78, 5) is 16.1. The van der Waals surface area contributed by atoms with Gasteiger partial charge < -0.3 is 10.6 Å². The third kappa shape index (κ3) is 3.08. The minimum Gasteiger partial charge on any atom is -0.380 e. The molecule has 19 heavy (non-hydrogen) atoms. The average Bonchev–Trinajstić information content (AvgIpc) is 2.83. The molecule has 0 radical (unpaired) electrons. The molecule has 3 N–H and O–H groups in total. The van der Waals surface area contributed by atoms with Crippen LogP contribution in [0.15, 0.2) is 35.6 Å². The van der Waals surface area contributed by atoms with Crippen molar-refractivity contribution in [3.05, 3.63) is 52.6 Å². The number of aromatic nitrogens is 2. The van der Waals surface area contributed by atoms with Crippen molar-refractivity contribution in [2.75, 3.05) is 0 Å². The molecule has 2 aromatic rings. The molecule has 0 amide bonds. The quantitative estimate of drug-likeness (QED) is 0.388. The van der Waals surface area contributed by atoms with Crippen molar-refractivity contribution in [3.8, 4) is 0 Å². The van der Waals surface area contributed by atoms with Crippen molar-refractivity contribution in [1.29, 1.82) is 0 Å². The number of hydrogen-bond donors (Lipinski definition) is 2. The summed E-state index contributed by atoms with van der Waals surface area (Å²) in [6, 6.07) is 5.24. The molecule has 0 aliphatic rings. The van der Waals surface area contributed by atoms with Gasteiger partial charge in [0.05, 0.1) is 11.2 Å². The number of rotatable bonds is 3. The number of carbonyl (C=O) groups is 1. The average molecular weight is 283 g/mol. The van der Waals surface area contributed by atoms with E-state index in [0.717, 1.165) is 0 Å². The lowest BCUT2D eigenvalue weighted by atomic mass is 10.2. The Morgan fingerprint density at radius 1 is 1.42 bits per heavy atom. The fourth-order valence-corrected chi connectivity index (χ4v) is 1.39. The zero-order chi connectivity index (χ0) is 13.8. The first-order valence-electron chi connectivity index (χ1n) is 5.07. The fourth-order valence-electron chi connectivity index (χ4n) is 1.22. The van der Waals surface area contributed by atoms with E-state index in [1.165, 1.54) is 30.5 Å². The number of nitrogens with one attached hydrogen (secondary N) is 1. The summed E-state index contributed by atoms with van der Waals surface area (Å²) < 4.78 is 12.7. The molecule has 98 valence electrons. The number of amidine groups is 1. The van der Waals surface area contributed by atoms with E-state index in [4.69, 9.17) is 17.3 Å². The smallest absolute Gasteiger partial charge is 0.380 e. The van der Waals surface area contributed by atoms with Crippen LogP contribution in [0.4, 0.5) is 4.39 Å². The molecule has 2 rings (SSSR count). The van der Waals surface area contributed by atoms with Crippen LogP contribution in [0.3, 0.4) is 0 Å². The Bertz CT molecular complexity index is 624. The van der Waals surface area contributed by atoms with Crippen LogP contribution >= 0.6 is 11.6 Å². The predicted molar refractivity (Wildman–Crippen MR) is 66.1 cm³/mol. The normalized spacial score (nSPS) is 11.4. The first kappa shape index (κ1) is 13.0. The maximum Gasteiger partial charge on any atom is 0.384 e. The van der Waals surface area contributed by atoms with E-state index < -0.39 is 11.8 Å². The van der Waals surface area contributed by atoms with Crippen molar-refractivity contribution >= 4 is 23.4 Å². The first-order chi connectivity index (χ1) is 9.08. The summed E-state index contributed by atoms with van der Waals surface area (Å²) in [5.41, 5.74) is 5.97. The van der Waals surface area contributed by atoms with E-state index in [2.05, 4.69) is 20.2 Å². The van der Waals surface area contributed by atoms with Crippen LogP contribution in [-0.2, 0) is 4.84 Å². The van der Waals surface area contributed by atoms with Crippen molar-refractivity contribution < 1.29 is 14.0 Å². The Balaban J connectivity index is 2.08. The van der Waals surface area contributed by atoms with Gasteiger partial charge in [0.2, 0.25) is 0 Å². The van der Waals surface area contributed by atoms with Crippen LogP contribution in [0.2, 0.25) is 5.02 Å². The van der Waals surface area contributed by atoms with Gasteiger partial charge in [-0.15, -0.1) is 0 Å². The molecule has 0 spiro atoms. The number of halogens is 2. The summed E-state index contributed by atoms with van der Waals surface area (Å²) in [6.45, 7) is 0. The van der Waals surface area contributed by atoms with Crippen molar-refractivity contribution in [1.82, 2.24) is 10.2 Å². The Labute approximate surface area is 112 Å². The minimum atomic E-state index is -0.826. The molecule has 0 aliphatic carbocycles. The molecule has 1 heterocycles. The summed E-state index contributed by atoms with van der Waals surface area (Å²) in [7, 11) is 0. The largest absolute Gasteiger partial charge is 0.384 e. The molecule has 0 unspecified atom stereocenters. The Morgan fingerprint density at radius 2 is 2.11 bits per heavy atom. The van der Waals surface area contributed by atoms with E-state index >= 15 is 0 Å². The van der Waals surface area contributed by atoms with Crippen LogP contribution < -0.4 is 5.73 Å². The van der Waals surface area contributed by atoms with Gasteiger partial charge in [0.25, 0.3) is 0 Å². The predicted octanol–water partition coefficient (Wildman–Crippen LogP) is 1.68. The second-order valence-electron chi connectivity index (χ2n) is 3.46. The third-order valence-electron chi connectivity index (χ3n) is 2.16. The number of benzene rings is 1. The zero-order valence-electron chi connectivity index (χ0n) is 9.43. The second kappa shape index (κ2) is 5.49. The van der Waals surface area contributed by atoms with Gasteiger partial charge in [0, 0.05) is 5.56 Å². The van der Waals surface area contributed by atoms with E-state index in [0.29, 0.717) is 5.56 Å². The summed E-state index contributed by atoms with van der Waals surface area (Å²) >= 11 is 5.67. The molecular weight excluding hydrogens is 275 g/mol. The molecule has 6 nitrogen and oxygen atoms in total. The molecule has 0 fully saturated rings. The van der Waals surface area contributed by atoms with Gasteiger partial charge >= 0.3 is 5.97 Å². The van der Waals surface area contributed by atoms with Crippen LogP contribution in [0.25, 0.3) is 0 Å². The van der Waals surface area contributed by atoms with Gasteiger partial charge in [0.15, 0.2) is 11.5 Å². The molecule has 0 aliphatic heterocycles. The highest BCUT2D eigenvalue weighted by Gasteiger charge is 2.14. The molecule has 0 saturated carbocycles. The SMILES string of the molecule is N/C(=N\OC(=O)c1[nH]ncc1Cl)c1ccc(F)cc1. The maximum absolute atomic E-state index is 12.7. The molecule has 8 heteroatoms.